The number of anilines is 1. The molecule has 21 heavy (non-hydrogen) atoms. The van der Waals surface area contributed by atoms with E-state index < -0.39 is 6.04 Å². The third kappa shape index (κ3) is 4.45. The molecule has 0 bridgehead atoms. The van der Waals surface area contributed by atoms with E-state index in [1.807, 2.05) is 0 Å². The number of carbonyl (C=O) groups excluding carboxylic acids is 1. The zero-order chi connectivity index (χ0) is 15.1. The van der Waals surface area contributed by atoms with Gasteiger partial charge in [-0.3, -0.25) is 0 Å². The fourth-order valence-electron chi connectivity index (χ4n) is 2.99. The van der Waals surface area contributed by atoms with Gasteiger partial charge in [-0.1, -0.05) is 37.8 Å². The van der Waals surface area contributed by atoms with E-state index in [9.17, 15) is 9.18 Å². The quantitative estimate of drug-likeness (QED) is 0.655. The summed E-state index contributed by atoms with van der Waals surface area (Å²) in [7, 11) is 0. The zero-order valence-corrected chi connectivity index (χ0v) is 12.6. The highest BCUT2D eigenvalue weighted by molar-refractivity contribution is 5.79. The molecule has 1 saturated carbocycles. The van der Waals surface area contributed by atoms with Crippen molar-refractivity contribution in [2.24, 2.45) is 5.92 Å². The van der Waals surface area contributed by atoms with Crippen LogP contribution in [0.25, 0.3) is 0 Å². The fraction of sp³-hybridized carbons (Fsp3) is 0.588. The molecule has 0 saturated heterocycles. The van der Waals surface area contributed by atoms with Gasteiger partial charge in [0.25, 0.3) is 0 Å². The molecule has 1 fully saturated rings. The van der Waals surface area contributed by atoms with Crippen molar-refractivity contribution in [2.75, 3.05) is 11.9 Å². The van der Waals surface area contributed by atoms with Crippen molar-refractivity contribution in [1.29, 1.82) is 0 Å². The Hall–Kier alpha value is -1.58. The lowest BCUT2D eigenvalue weighted by Gasteiger charge is -2.26. The number of halogens is 1. The molecule has 0 spiro atoms. The maximum atomic E-state index is 13.8. The Morgan fingerprint density at radius 3 is 2.57 bits per heavy atom. The van der Waals surface area contributed by atoms with E-state index in [1.165, 1.54) is 18.9 Å². The topological polar surface area (TPSA) is 38.3 Å². The predicted octanol–water partition coefficient (Wildman–Crippen LogP) is 4.14. The Bertz CT molecular complexity index is 456. The normalized spacial score (nSPS) is 17.8. The first-order valence-electron chi connectivity index (χ1n) is 7.90. The van der Waals surface area contributed by atoms with Crippen LogP contribution in [0.4, 0.5) is 10.1 Å². The van der Waals surface area contributed by atoms with Gasteiger partial charge in [-0.05, 0) is 37.8 Å². The number of rotatable bonds is 5. The van der Waals surface area contributed by atoms with Crippen molar-refractivity contribution in [2.45, 2.75) is 51.5 Å². The average molecular weight is 293 g/mol. The molecule has 0 radical (unpaired) electrons. The molecule has 1 aliphatic carbocycles. The van der Waals surface area contributed by atoms with Crippen molar-refractivity contribution in [3.8, 4) is 0 Å². The molecule has 4 heteroatoms. The Kier molecular flexibility index (Phi) is 6.03. The molecule has 2 rings (SSSR count). The summed E-state index contributed by atoms with van der Waals surface area (Å²) in [5.41, 5.74) is 0.375. The fourth-order valence-corrected chi connectivity index (χ4v) is 2.99. The van der Waals surface area contributed by atoms with E-state index in [0.717, 1.165) is 25.7 Å². The van der Waals surface area contributed by atoms with Crippen molar-refractivity contribution >= 4 is 11.7 Å². The number of esters is 1. The minimum atomic E-state index is -0.458. The van der Waals surface area contributed by atoms with Crippen LogP contribution in [0.5, 0.6) is 0 Å². The van der Waals surface area contributed by atoms with Gasteiger partial charge in [-0.25, -0.2) is 9.18 Å². The number of nitrogens with one attached hydrogen (secondary N) is 1. The van der Waals surface area contributed by atoms with E-state index in [2.05, 4.69) is 5.32 Å². The molecule has 0 heterocycles. The summed E-state index contributed by atoms with van der Waals surface area (Å²) in [5, 5.41) is 3.08. The van der Waals surface area contributed by atoms with Gasteiger partial charge >= 0.3 is 5.97 Å². The highest BCUT2D eigenvalue weighted by Gasteiger charge is 2.30. The van der Waals surface area contributed by atoms with Gasteiger partial charge in [-0.15, -0.1) is 0 Å². The Labute approximate surface area is 125 Å². The monoisotopic (exact) mass is 293 g/mol. The van der Waals surface area contributed by atoms with Crippen LogP contribution >= 0.6 is 0 Å². The largest absolute Gasteiger partial charge is 0.464 e. The smallest absolute Gasteiger partial charge is 0.328 e. The molecule has 1 N–H and O–H groups in total. The summed E-state index contributed by atoms with van der Waals surface area (Å²) in [4.78, 5) is 12.3. The van der Waals surface area contributed by atoms with Crippen LogP contribution in [0.1, 0.15) is 45.4 Å². The molecular formula is C17H24FNO2. The van der Waals surface area contributed by atoms with Gasteiger partial charge in [0.2, 0.25) is 0 Å². The molecule has 1 unspecified atom stereocenters. The zero-order valence-electron chi connectivity index (χ0n) is 12.6. The third-order valence-corrected chi connectivity index (χ3v) is 4.10. The Morgan fingerprint density at radius 1 is 1.29 bits per heavy atom. The number of hydrogen-bond donors (Lipinski definition) is 1. The lowest BCUT2D eigenvalue weighted by Crippen LogP contribution is -2.38. The second kappa shape index (κ2) is 8.01. The molecule has 0 aliphatic heterocycles. The predicted molar refractivity (Wildman–Crippen MR) is 81.6 cm³/mol. The minimum Gasteiger partial charge on any atom is -0.464 e. The van der Waals surface area contributed by atoms with Gasteiger partial charge in [-0.2, -0.15) is 0 Å². The van der Waals surface area contributed by atoms with Crippen LogP contribution in [0.2, 0.25) is 0 Å². The van der Waals surface area contributed by atoms with E-state index in [1.54, 1.807) is 25.1 Å². The van der Waals surface area contributed by atoms with Crippen molar-refractivity contribution < 1.29 is 13.9 Å². The van der Waals surface area contributed by atoms with Gasteiger partial charge < -0.3 is 10.1 Å². The first-order chi connectivity index (χ1) is 10.2. The maximum absolute atomic E-state index is 13.8. The number of hydrogen-bond acceptors (Lipinski definition) is 3. The van der Waals surface area contributed by atoms with E-state index in [-0.39, 0.29) is 17.7 Å². The van der Waals surface area contributed by atoms with Crippen LogP contribution in [0, 0.1) is 11.7 Å². The SMILES string of the molecule is CCOC(=O)C(Nc1ccccc1F)C1CCCCCC1. The van der Waals surface area contributed by atoms with E-state index >= 15 is 0 Å². The summed E-state index contributed by atoms with van der Waals surface area (Å²) in [6.07, 6.45) is 6.66. The molecule has 1 aromatic rings. The van der Waals surface area contributed by atoms with Crippen molar-refractivity contribution in [3.05, 3.63) is 30.1 Å². The Balaban J connectivity index is 2.15. The molecule has 0 aromatic heterocycles. The second-order valence-electron chi connectivity index (χ2n) is 5.61. The summed E-state index contributed by atoms with van der Waals surface area (Å²) in [5.74, 6) is -0.390. The first kappa shape index (κ1) is 15.8. The molecule has 1 atom stereocenters. The molecule has 116 valence electrons. The van der Waals surface area contributed by atoms with E-state index in [4.69, 9.17) is 4.74 Å². The summed E-state index contributed by atoms with van der Waals surface area (Å²) in [6, 6.07) is 6.02. The maximum Gasteiger partial charge on any atom is 0.328 e. The van der Waals surface area contributed by atoms with Gasteiger partial charge in [0.15, 0.2) is 0 Å². The molecular weight excluding hydrogens is 269 g/mol. The number of benzene rings is 1. The van der Waals surface area contributed by atoms with Crippen LogP contribution in [0.3, 0.4) is 0 Å². The summed E-state index contributed by atoms with van der Waals surface area (Å²) < 4.78 is 19.0. The van der Waals surface area contributed by atoms with E-state index in [0.29, 0.717) is 12.3 Å². The minimum absolute atomic E-state index is 0.214. The van der Waals surface area contributed by atoms with Crippen LogP contribution in [0.15, 0.2) is 24.3 Å². The Morgan fingerprint density at radius 2 is 1.95 bits per heavy atom. The van der Waals surface area contributed by atoms with Crippen LogP contribution in [-0.4, -0.2) is 18.6 Å². The number of carbonyl (C=O) groups is 1. The average Bonchev–Trinajstić information content (AvgIpc) is 2.75. The second-order valence-corrected chi connectivity index (χ2v) is 5.61. The van der Waals surface area contributed by atoms with Crippen molar-refractivity contribution in [1.82, 2.24) is 0 Å². The summed E-state index contributed by atoms with van der Waals surface area (Å²) in [6.45, 7) is 2.14. The first-order valence-corrected chi connectivity index (χ1v) is 7.90. The lowest BCUT2D eigenvalue weighted by atomic mass is 9.91. The molecule has 0 amide bonds. The standard InChI is InChI=1S/C17H24FNO2/c1-2-21-17(20)16(13-9-5-3-4-6-10-13)19-15-12-8-7-11-14(15)18/h7-8,11-13,16,19H,2-6,9-10H2,1H3. The molecule has 3 nitrogen and oxygen atoms in total. The molecule has 1 aromatic carbocycles. The van der Waals surface area contributed by atoms with Crippen molar-refractivity contribution in [3.63, 3.8) is 0 Å². The highest BCUT2D eigenvalue weighted by Crippen LogP contribution is 2.28. The summed E-state index contributed by atoms with van der Waals surface area (Å²) >= 11 is 0. The number of para-hydroxylation sites is 1. The number of ether oxygens (including phenoxy) is 1. The molecule has 1 aliphatic rings. The lowest BCUT2D eigenvalue weighted by molar-refractivity contribution is -0.145. The van der Waals surface area contributed by atoms with Crippen LogP contribution < -0.4 is 5.32 Å². The third-order valence-electron chi connectivity index (χ3n) is 4.10. The van der Waals surface area contributed by atoms with Gasteiger partial charge in [0, 0.05) is 0 Å². The van der Waals surface area contributed by atoms with Crippen LogP contribution in [-0.2, 0) is 9.53 Å². The van der Waals surface area contributed by atoms with Gasteiger partial charge in [0.05, 0.1) is 12.3 Å². The highest BCUT2D eigenvalue weighted by atomic mass is 19.1. The van der Waals surface area contributed by atoms with Gasteiger partial charge in [0.1, 0.15) is 11.9 Å².